The second-order valence-corrected chi connectivity index (χ2v) is 7.82. The van der Waals surface area contributed by atoms with E-state index in [1.807, 2.05) is 6.07 Å². The van der Waals surface area contributed by atoms with Crippen LogP contribution in [0, 0.1) is 5.92 Å². The zero-order valence-corrected chi connectivity index (χ0v) is 18.2. The lowest BCUT2D eigenvalue weighted by atomic mass is 10.0. The molecule has 5 atom stereocenters. The van der Waals surface area contributed by atoms with Crippen molar-refractivity contribution in [3.8, 4) is 0 Å². The number of benzene rings is 1. The molecule has 0 saturated carbocycles. The molecule has 0 aliphatic rings. The number of nitrogens with two attached hydrogens (primary N) is 1. The number of hydrogen-bond donors (Lipinski definition) is 6. The molecule has 10 nitrogen and oxygen atoms in total. The van der Waals surface area contributed by atoms with E-state index in [2.05, 4.69) is 16.0 Å². The molecule has 3 amide bonds. The second-order valence-electron chi connectivity index (χ2n) is 7.82. The lowest BCUT2D eigenvalue weighted by molar-refractivity contribution is -0.142. The summed E-state index contributed by atoms with van der Waals surface area (Å²) in [7, 11) is 0. The fourth-order valence-electron chi connectivity index (χ4n) is 2.65. The minimum absolute atomic E-state index is 0.128. The average molecular weight is 437 g/mol. The number of carboxylic acids is 1. The molecule has 0 aliphatic heterocycles. The molecule has 5 unspecified atom stereocenters. The smallest absolute Gasteiger partial charge is 0.325 e. The van der Waals surface area contributed by atoms with E-state index in [9.17, 15) is 24.3 Å². The first-order chi connectivity index (χ1) is 14.4. The van der Waals surface area contributed by atoms with Crippen LogP contribution in [0.25, 0.3) is 0 Å². The Morgan fingerprint density at radius 2 is 1.48 bits per heavy atom. The first kappa shape index (κ1) is 26.1. The third kappa shape index (κ3) is 8.35. The van der Waals surface area contributed by atoms with Gasteiger partial charge in [-0.2, -0.15) is 0 Å². The number of aliphatic hydroxyl groups excluding tert-OH is 1. The van der Waals surface area contributed by atoms with E-state index >= 15 is 0 Å². The Bertz CT molecular complexity index is 768. The molecule has 0 radical (unpaired) electrons. The van der Waals surface area contributed by atoms with Crippen LogP contribution in [0.2, 0.25) is 0 Å². The van der Waals surface area contributed by atoms with Crippen LogP contribution < -0.4 is 21.7 Å². The van der Waals surface area contributed by atoms with Crippen molar-refractivity contribution in [1.29, 1.82) is 0 Å². The van der Waals surface area contributed by atoms with E-state index in [1.54, 1.807) is 38.1 Å². The number of carboxylic acid groups (broad SMARTS) is 1. The molecule has 0 aromatic heterocycles. The SMILES string of the molecule is CC(NC(=O)C(NC(=O)C(Cc1ccccc1)NC(=O)C(N)C(C)C)C(C)O)C(=O)O. The standard InChI is InChI=1S/C21H32N4O6/c1-11(2)16(22)19(28)24-15(10-14-8-6-5-7-9-14)18(27)25-17(13(4)26)20(29)23-12(3)21(30)31/h5-9,11-13,15-17,26H,10,22H2,1-4H3,(H,23,29)(H,24,28)(H,25,27)(H,30,31). The molecule has 0 aliphatic carbocycles. The van der Waals surface area contributed by atoms with Crippen molar-refractivity contribution in [1.82, 2.24) is 16.0 Å². The van der Waals surface area contributed by atoms with Crippen LogP contribution in [0.4, 0.5) is 0 Å². The molecule has 0 bridgehead atoms. The average Bonchev–Trinajstić information content (AvgIpc) is 2.70. The number of nitrogens with one attached hydrogen (secondary N) is 3. The predicted molar refractivity (Wildman–Crippen MR) is 114 cm³/mol. The van der Waals surface area contributed by atoms with Crippen molar-refractivity contribution in [3.63, 3.8) is 0 Å². The molecule has 1 rings (SSSR count). The summed E-state index contributed by atoms with van der Waals surface area (Å²) < 4.78 is 0. The fourth-order valence-corrected chi connectivity index (χ4v) is 2.65. The highest BCUT2D eigenvalue weighted by atomic mass is 16.4. The highest BCUT2D eigenvalue weighted by molar-refractivity contribution is 5.94. The van der Waals surface area contributed by atoms with Gasteiger partial charge in [0.05, 0.1) is 12.1 Å². The minimum atomic E-state index is -1.41. The van der Waals surface area contributed by atoms with Crippen molar-refractivity contribution < 1.29 is 29.4 Å². The first-order valence-corrected chi connectivity index (χ1v) is 10.1. The number of hydrogen-bond acceptors (Lipinski definition) is 6. The summed E-state index contributed by atoms with van der Waals surface area (Å²) in [6, 6.07) is 4.41. The lowest BCUT2D eigenvalue weighted by Crippen LogP contribution is -2.60. The van der Waals surface area contributed by atoms with Crippen molar-refractivity contribution in [2.24, 2.45) is 11.7 Å². The summed E-state index contributed by atoms with van der Waals surface area (Å²) in [5.74, 6) is -3.52. The molecule has 0 saturated heterocycles. The van der Waals surface area contributed by atoms with Crippen LogP contribution in [0.15, 0.2) is 30.3 Å². The lowest BCUT2D eigenvalue weighted by Gasteiger charge is -2.26. The topological polar surface area (TPSA) is 171 Å². The summed E-state index contributed by atoms with van der Waals surface area (Å²) in [6.45, 7) is 6.09. The summed E-state index contributed by atoms with van der Waals surface area (Å²) in [5, 5.41) is 26.1. The molecule has 10 heteroatoms. The minimum Gasteiger partial charge on any atom is -0.480 e. The monoisotopic (exact) mass is 436 g/mol. The second kappa shape index (κ2) is 12.0. The third-order valence-corrected chi connectivity index (χ3v) is 4.73. The maximum atomic E-state index is 12.9. The quantitative estimate of drug-likeness (QED) is 0.262. The van der Waals surface area contributed by atoms with Gasteiger partial charge in [-0.25, -0.2) is 0 Å². The molecule has 0 fully saturated rings. The van der Waals surface area contributed by atoms with E-state index in [0.29, 0.717) is 0 Å². The van der Waals surface area contributed by atoms with Gasteiger partial charge in [-0.3, -0.25) is 19.2 Å². The Kier molecular flexibility index (Phi) is 10.1. The number of amides is 3. The van der Waals surface area contributed by atoms with Crippen LogP contribution in [0.5, 0.6) is 0 Å². The molecule has 0 heterocycles. The van der Waals surface area contributed by atoms with Gasteiger partial charge in [0.25, 0.3) is 0 Å². The van der Waals surface area contributed by atoms with Crippen LogP contribution >= 0.6 is 0 Å². The highest BCUT2D eigenvalue weighted by Crippen LogP contribution is 2.07. The Hall–Kier alpha value is -2.98. The van der Waals surface area contributed by atoms with Gasteiger partial charge in [0.15, 0.2) is 0 Å². The third-order valence-electron chi connectivity index (χ3n) is 4.73. The van der Waals surface area contributed by atoms with Crippen molar-refractivity contribution >= 4 is 23.7 Å². The van der Waals surface area contributed by atoms with Gasteiger partial charge >= 0.3 is 5.97 Å². The zero-order valence-electron chi connectivity index (χ0n) is 18.2. The van der Waals surface area contributed by atoms with Gasteiger partial charge in [-0.05, 0) is 25.3 Å². The van der Waals surface area contributed by atoms with Crippen molar-refractivity contribution in [3.05, 3.63) is 35.9 Å². The highest BCUT2D eigenvalue weighted by Gasteiger charge is 2.32. The molecule has 7 N–H and O–H groups in total. The number of aliphatic hydroxyl groups is 1. The summed E-state index contributed by atoms with van der Waals surface area (Å²) in [5.41, 5.74) is 6.64. The molecule has 0 spiro atoms. The Morgan fingerprint density at radius 1 is 0.903 bits per heavy atom. The molecule has 31 heavy (non-hydrogen) atoms. The number of rotatable bonds is 11. The van der Waals surface area contributed by atoms with Gasteiger partial charge in [0.2, 0.25) is 17.7 Å². The summed E-state index contributed by atoms with van der Waals surface area (Å²) >= 11 is 0. The van der Waals surface area contributed by atoms with E-state index < -0.39 is 54.0 Å². The zero-order chi connectivity index (χ0) is 23.7. The van der Waals surface area contributed by atoms with E-state index in [1.165, 1.54) is 13.8 Å². The maximum absolute atomic E-state index is 12.9. The van der Waals surface area contributed by atoms with E-state index in [0.717, 1.165) is 5.56 Å². The summed E-state index contributed by atoms with van der Waals surface area (Å²) in [6.07, 6.45) is -1.18. The van der Waals surface area contributed by atoms with Gasteiger partial charge in [-0.15, -0.1) is 0 Å². The molecule has 172 valence electrons. The first-order valence-electron chi connectivity index (χ1n) is 10.1. The fraction of sp³-hybridized carbons (Fsp3) is 0.524. The molecular formula is C21H32N4O6. The Morgan fingerprint density at radius 3 is 1.97 bits per heavy atom. The van der Waals surface area contributed by atoms with Gasteiger partial charge in [0, 0.05) is 6.42 Å². The Labute approximate surface area is 181 Å². The summed E-state index contributed by atoms with van der Waals surface area (Å²) in [4.78, 5) is 48.8. The number of carbonyl (C=O) groups is 4. The largest absolute Gasteiger partial charge is 0.480 e. The molecule has 1 aromatic carbocycles. The van der Waals surface area contributed by atoms with Crippen LogP contribution in [-0.2, 0) is 25.6 Å². The van der Waals surface area contributed by atoms with Gasteiger partial charge in [-0.1, -0.05) is 44.2 Å². The molecular weight excluding hydrogens is 404 g/mol. The van der Waals surface area contributed by atoms with Crippen LogP contribution in [0.1, 0.15) is 33.3 Å². The number of aliphatic carboxylic acids is 1. The van der Waals surface area contributed by atoms with Gasteiger partial charge < -0.3 is 31.9 Å². The van der Waals surface area contributed by atoms with Crippen LogP contribution in [-0.4, -0.2) is 64.2 Å². The van der Waals surface area contributed by atoms with E-state index in [-0.39, 0.29) is 12.3 Å². The predicted octanol–water partition coefficient (Wildman–Crippen LogP) is -0.848. The van der Waals surface area contributed by atoms with E-state index in [4.69, 9.17) is 10.8 Å². The maximum Gasteiger partial charge on any atom is 0.325 e. The van der Waals surface area contributed by atoms with Crippen molar-refractivity contribution in [2.45, 2.75) is 64.4 Å². The molecule has 1 aromatic rings. The van der Waals surface area contributed by atoms with Crippen molar-refractivity contribution in [2.75, 3.05) is 0 Å². The Balaban J connectivity index is 3.03. The number of carbonyl (C=O) groups excluding carboxylic acids is 3. The van der Waals surface area contributed by atoms with Gasteiger partial charge in [0.1, 0.15) is 18.1 Å². The normalized spacial score (nSPS) is 15.8. The van der Waals surface area contributed by atoms with Crippen LogP contribution in [0.3, 0.4) is 0 Å².